The molecule has 0 aromatic heterocycles. The van der Waals surface area contributed by atoms with E-state index in [4.69, 9.17) is 9.47 Å². The molecule has 2 rings (SSSR count). The maximum atomic E-state index is 11.1. The lowest BCUT2D eigenvalue weighted by Crippen LogP contribution is -2.55. The quantitative estimate of drug-likeness (QED) is 0.435. The average Bonchev–Trinajstić information content (AvgIpc) is 2.49. The van der Waals surface area contributed by atoms with Crippen LogP contribution in [0.2, 0.25) is 0 Å². The van der Waals surface area contributed by atoms with Gasteiger partial charge in [-0.1, -0.05) is 0 Å². The first kappa shape index (κ1) is 16.4. The van der Waals surface area contributed by atoms with Gasteiger partial charge in [-0.15, -0.1) is 0 Å². The van der Waals surface area contributed by atoms with Gasteiger partial charge >= 0.3 is 0 Å². The number of hydrogen-bond donors (Lipinski definition) is 4. The van der Waals surface area contributed by atoms with Gasteiger partial charge in [-0.3, -0.25) is 10.1 Å². The third kappa shape index (κ3) is 3.45. The van der Waals surface area contributed by atoms with E-state index in [0.717, 1.165) is 0 Å². The predicted molar refractivity (Wildman–Crippen MR) is 75.6 cm³/mol. The zero-order valence-electron chi connectivity index (χ0n) is 11.9. The van der Waals surface area contributed by atoms with Crippen LogP contribution in [0.3, 0.4) is 0 Å². The minimum atomic E-state index is -1.42. The zero-order chi connectivity index (χ0) is 16.3. The summed E-state index contributed by atoms with van der Waals surface area (Å²) >= 11 is 0. The summed E-state index contributed by atoms with van der Waals surface area (Å²) in [6.45, 7) is 1.94. The van der Waals surface area contributed by atoms with Crippen molar-refractivity contribution < 1.29 is 29.7 Å². The lowest BCUT2D eigenvalue weighted by molar-refractivity contribution is -0.384. The van der Waals surface area contributed by atoms with Gasteiger partial charge in [0.15, 0.2) is 6.23 Å². The van der Waals surface area contributed by atoms with Crippen LogP contribution in [0.1, 0.15) is 6.92 Å². The second-order valence-corrected chi connectivity index (χ2v) is 4.82. The third-order valence-electron chi connectivity index (χ3n) is 3.28. The lowest BCUT2D eigenvalue weighted by atomic mass is 10.0. The molecule has 0 aliphatic carbocycles. The van der Waals surface area contributed by atoms with Gasteiger partial charge in [-0.2, -0.15) is 0 Å². The van der Waals surface area contributed by atoms with Gasteiger partial charge in [0.25, 0.3) is 5.69 Å². The molecule has 0 amide bonds. The first-order valence-corrected chi connectivity index (χ1v) is 6.77. The summed E-state index contributed by atoms with van der Waals surface area (Å²) in [4.78, 5) is 10.5. The third-order valence-corrected chi connectivity index (χ3v) is 3.28. The highest BCUT2D eigenvalue weighted by Gasteiger charge is 2.38. The number of nitrogens with zero attached hydrogens (tertiary/aromatic N) is 1. The maximum Gasteiger partial charge on any atom is 0.296 e. The van der Waals surface area contributed by atoms with Crippen molar-refractivity contribution in [2.24, 2.45) is 0 Å². The summed E-state index contributed by atoms with van der Waals surface area (Å²) in [6, 6.07) is 4.22. The SMILES string of the molecule is CCOc1ccc(N[C@H]2OC[C@@H](O)[C@@H](O)[C@H]2O)c([N+](=O)[O-])c1. The molecule has 1 heterocycles. The second-order valence-electron chi connectivity index (χ2n) is 4.82. The van der Waals surface area contributed by atoms with Crippen molar-refractivity contribution in [1.82, 2.24) is 0 Å². The molecule has 0 unspecified atom stereocenters. The number of aliphatic hydroxyl groups is 3. The molecule has 0 spiro atoms. The van der Waals surface area contributed by atoms with Crippen LogP contribution in [0.5, 0.6) is 5.75 Å². The lowest BCUT2D eigenvalue weighted by Gasteiger charge is -2.35. The summed E-state index contributed by atoms with van der Waals surface area (Å²) in [7, 11) is 0. The van der Waals surface area contributed by atoms with Crippen LogP contribution in [0, 0.1) is 10.1 Å². The molecule has 1 saturated heterocycles. The van der Waals surface area contributed by atoms with E-state index in [1.165, 1.54) is 12.1 Å². The van der Waals surface area contributed by atoms with E-state index in [1.54, 1.807) is 13.0 Å². The number of rotatable bonds is 5. The molecule has 1 aromatic carbocycles. The van der Waals surface area contributed by atoms with Crippen molar-refractivity contribution in [2.45, 2.75) is 31.5 Å². The normalized spacial score (nSPS) is 28.2. The molecule has 4 N–H and O–H groups in total. The van der Waals surface area contributed by atoms with Gasteiger partial charge < -0.3 is 30.1 Å². The van der Waals surface area contributed by atoms with Crippen LogP contribution in [0.4, 0.5) is 11.4 Å². The van der Waals surface area contributed by atoms with E-state index in [-0.39, 0.29) is 18.0 Å². The highest BCUT2D eigenvalue weighted by molar-refractivity contribution is 5.64. The van der Waals surface area contributed by atoms with Crippen LogP contribution in [-0.4, -0.2) is 58.0 Å². The summed E-state index contributed by atoms with van der Waals surface area (Å²) in [5.74, 6) is 0.348. The van der Waals surface area contributed by atoms with Crippen LogP contribution < -0.4 is 10.1 Å². The van der Waals surface area contributed by atoms with Crippen molar-refractivity contribution >= 4 is 11.4 Å². The Bertz CT molecular complexity index is 539. The molecule has 1 aromatic rings. The standard InChI is InChI=1S/C13H18N2O7/c1-2-21-7-3-4-8(9(5-7)15(19)20)14-13-12(18)11(17)10(16)6-22-13/h3-5,10-14,16-18H,2,6H2,1H3/t10-,11-,12-,13+/m1/s1. The molecule has 0 saturated carbocycles. The Morgan fingerprint density at radius 3 is 2.77 bits per heavy atom. The van der Waals surface area contributed by atoms with E-state index in [1.807, 2.05) is 0 Å². The maximum absolute atomic E-state index is 11.1. The number of aliphatic hydroxyl groups excluding tert-OH is 3. The number of nitro benzene ring substituents is 1. The minimum absolute atomic E-state index is 0.112. The van der Waals surface area contributed by atoms with Gasteiger partial charge in [0.05, 0.1) is 24.2 Å². The van der Waals surface area contributed by atoms with Crippen LogP contribution in [0.15, 0.2) is 18.2 Å². The van der Waals surface area contributed by atoms with Gasteiger partial charge in [0.1, 0.15) is 29.7 Å². The highest BCUT2D eigenvalue weighted by Crippen LogP contribution is 2.31. The van der Waals surface area contributed by atoms with E-state index in [2.05, 4.69) is 5.32 Å². The van der Waals surface area contributed by atoms with Crippen LogP contribution >= 0.6 is 0 Å². The Hall–Kier alpha value is -1.94. The fraction of sp³-hybridized carbons (Fsp3) is 0.538. The Kier molecular flexibility index (Phi) is 5.14. The van der Waals surface area contributed by atoms with Crippen molar-refractivity contribution in [1.29, 1.82) is 0 Å². The van der Waals surface area contributed by atoms with Gasteiger partial charge in [0.2, 0.25) is 0 Å². The number of nitro groups is 1. The summed E-state index contributed by atoms with van der Waals surface area (Å²) in [5.41, 5.74) is -0.136. The fourth-order valence-corrected chi connectivity index (χ4v) is 2.13. The van der Waals surface area contributed by atoms with Crippen LogP contribution in [0.25, 0.3) is 0 Å². The summed E-state index contributed by atoms with van der Waals surface area (Å²) in [5, 5.41) is 42.6. The Morgan fingerprint density at radius 2 is 2.14 bits per heavy atom. The van der Waals surface area contributed by atoms with Crippen molar-refractivity contribution in [2.75, 3.05) is 18.5 Å². The van der Waals surface area contributed by atoms with Crippen molar-refractivity contribution in [3.8, 4) is 5.75 Å². The predicted octanol–water partition coefficient (Wildman–Crippen LogP) is -0.156. The summed E-state index contributed by atoms with van der Waals surface area (Å²) in [6.07, 6.45) is -5.10. The van der Waals surface area contributed by atoms with Crippen LogP contribution in [-0.2, 0) is 4.74 Å². The first-order valence-electron chi connectivity index (χ1n) is 6.77. The number of benzene rings is 1. The molecule has 0 radical (unpaired) electrons. The number of nitrogens with one attached hydrogen (secondary N) is 1. The van der Waals surface area contributed by atoms with Gasteiger partial charge in [-0.05, 0) is 19.1 Å². The highest BCUT2D eigenvalue weighted by atomic mass is 16.6. The first-order chi connectivity index (χ1) is 10.4. The van der Waals surface area contributed by atoms with Crippen molar-refractivity contribution in [3.63, 3.8) is 0 Å². The molecular formula is C13H18N2O7. The average molecular weight is 314 g/mol. The second kappa shape index (κ2) is 6.88. The summed E-state index contributed by atoms with van der Waals surface area (Å²) < 4.78 is 10.4. The van der Waals surface area contributed by atoms with E-state index in [9.17, 15) is 25.4 Å². The van der Waals surface area contributed by atoms with E-state index in [0.29, 0.717) is 12.4 Å². The number of ether oxygens (including phenoxy) is 2. The molecule has 0 bridgehead atoms. The number of anilines is 1. The molecule has 9 nitrogen and oxygen atoms in total. The molecular weight excluding hydrogens is 296 g/mol. The molecule has 22 heavy (non-hydrogen) atoms. The Morgan fingerprint density at radius 1 is 1.41 bits per heavy atom. The molecule has 1 aliphatic heterocycles. The van der Waals surface area contributed by atoms with Gasteiger partial charge in [-0.25, -0.2) is 0 Å². The molecule has 1 fully saturated rings. The smallest absolute Gasteiger partial charge is 0.296 e. The fourth-order valence-electron chi connectivity index (χ4n) is 2.13. The topological polar surface area (TPSA) is 134 Å². The van der Waals surface area contributed by atoms with E-state index >= 15 is 0 Å². The molecule has 1 aliphatic rings. The monoisotopic (exact) mass is 314 g/mol. The molecule has 4 atom stereocenters. The van der Waals surface area contributed by atoms with Gasteiger partial charge in [0, 0.05) is 0 Å². The van der Waals surface area contributed by atoms with Crippen molar-refractivity contribution in [3.05, 3.63) is 28.3 Å². The molecule has 9 heteroatoms. The zero-order valence-corrected chi connectivity index (χ0v) is 11.9. The minimum Gasteiger partial charge on any atom is -0.494 e. The Labute approximate surface area is 126 Å². The Balaban J connectivity index is 2.20. The molecule has 122 valence electrons. The largest absolute Gasteiger partial charge is 0.494 e. The number of hydrogen-bond acceptors (Lipinski definition) is 8. The van der Waals surface area contributed by atoms with E-state index < -0.39 is 29.5 Å².